The fraction of sp³-hybridized carbons (Fsp3) is 0.0833. The summed E-state index contributed by atoms with van der Waals surface area (Å²) in [4.78, 5) is 36.1. The third-order valence-corrected chi connectivity index (χ3v) is 4.61. The van der Waals surface area contributed by atoms with Gasteiger partial charge < -0.3 is 10.1 Å². The van der Waals surface area contributed by atoms with Gasteiger partial charge in [0.05, 0.1) is 11.8 Å². The second-order valence-electron chi connectivity index (χ2n) is 6.67. The SMILES string of the molecule is CCc1ccc(NC(=O)C(=O)N/N=C\c2cccc(OC(=O)c3ccc(Cl)cc3)c2)cc1. The molecule has 2 amide bonds. The van der Waals surface area contributed by atoms with E-state index in [1.807, 2.05) is 19.1 Å². The average molecular weight is 450 g/mol. The molecule has 0 saturated carbocycles. The van der Waals surface area contributed by atoms with Crippen molar-refractivity contribution in [2.75, 3.05) is 5.32 Å². The summed E-state index contributed by atoms with van der Waals surface area (Å²) in [6, 6.07) is 20.1. The summed E-state index contributed by atoms with van der Waals surface area (Å²) in [5.41, 5.74) is 4.72. The van der Waals surface area contributed by atoms with Gasteiger partial charge in [-0.2, -0.15) is 5.10 Å². The summed E-state index contributed by atoms with van der Waals surface area (Å²) in [5, 5.41) is 6.80. The molecule has 0 aliphatic carbocycles. The molecule has 0 unspecified atom stereocenters. The van der Waals surface area contributed by atoms with E-state index < -0.39 is 17.8 Å². The number of esters is 1. The zero-order chi connectivity index (χ0) is 22.9. The molecule has 0 aliphatic rings. The van der Waals surface area contributed by atoms with Crippen molar-refractivity contribution in [1.29, 1.82) is 0 Å². The maximum absolute atomic E-state index is 12.2. The van der Waals surface area contributed by atoms with E-state index in [2.05, 4.69) is 15.8 Å². The highest BCUT2D eigenvalue weighted by atomic mass is 35.5. The second kappa shape index (κ2) is 10.9. The summed E-state index contributed by atoms with van der Waals surface area (Å²) in [5.74, 6) is -1.98. The van der Waals surface area contributed by atoms with E-state index in [4.69, 9.17) is 16.3 Å². The number of carbonyl (C=O) groups excluding carboxylic acids is 3. The van der Waals surface area contributed by atoms with Crippen molar-refractivity contribution in [3.05, 3.63) is 94.5 Å². The van der Waals surface area contributed by atoms with E-state index >= 15 is 0 Å². The minimum atomic E-state index is -0.911. The fourth-order valence-corrected chi connectivity index (χ4v) is 2.76. The Morgan fingerprint density at radius 3 is 2.38 bits per heavy atom. The first kappa shape index (κ1) is 22.7. The van der Waals surface area contributed by atoms with E-state index in [0.717, 1.165) is 12.0 Å². The third-order valence-electron chi connectivity index (χ3n) is 4.35. The maximum atomic E-state index is 12.2. The number of nitrogens with zero attached hydrogens (tertiary/aromatic N) is 1. The first-order valence-corrected chi connectivity index (χ1v) is 10.1. The minimum absolute atomic E-state index is 0.300. The van der Waals surface area contributed by atoms with Crippen LogP contribution in [0.15, 0.2) is 77.9 Å². The van der Waals surface area contributed by atoms with Gasteiger partial charge in [0.25, 0.3) is 0 Å². The van der Waals surface area contributed by atoms with Crippen LogP contribution in [0.2, 0.25) is 5.02 Å². The molecule has 0 heterocycles. The fourth-order valence-electron chi connectivity index (χ4n) is 2.64. The Bertz CT molecular complexity index is 1140. The van der Waals surface area contributed by atoms with Gasteiger partial charge in [-0.1, -0.05) is 42.8 Å². The quantitative estimate of drug-likeness (QED) is 0.194. The molecule has 2 N–H and O–H groups in total. The highest BCUT2D eigenvalue weighted by Crippen LogP contribution is 2.16. The standard InChI is InChI=1S/C24H20ClN3O4/c1-2-16-6-12-20(13-7-16)27-22(29)23(30)28-26-15-17-4-3-5-21(14-17)32-24(31)18-8-10-19(25)11-9-18/h3-15H,2H2,1H3,(H,27,29)(H,28,30)/b26-15-. The van der Waals surface area contributed by atoms with Crippen LogP contribution in [-0.4, -0.2) is 24.0 Å². The number of hydrogen-bond donors (Lipinski definition) is 2. The molecule has 0 fully saturated rings. The van der Waals surface area contributed by atoms with E-state index in [0.29, 0.717) is 27.6 Å². The Morgan fingerprint density at radius 1 is 0.969 bits per heavy atom. The highest BCUT2D eigenvalue weighted by molar-refractivity contribution is 6.39. The number of hydrogen-bond acceptors (Lipinski definition) is 5. The number of benzene rings is 3. The molecule has 8 heteroatoms. The van der Waals surface area contributed by atoms with Crippen molar-refractivity contribution in [3.8, 4) is 5.75 Å². The molecule has 162 valence electrons. The molecule has 0 aliphatic heterocycles. The number of halogens is 1. The number of nitrogens with one attached hydrogen (secondary N) is 2. The topological polar surface area (TPSA) is 96.9 Å². The van der Waals surface area contributed by atoms with Gasteiger partial charge in [-0.25, -0.2) is 10.2 Å². The Balaban J connectivity index is 1.54. The number of rotatable bonds is 6. The number of carbonyl (C=O) groups is 3. The highest BCUT2D eigenvalue weighted by Gasteiger charge is 2.13. The molecular weight excluding hydrogens is 430 g/mol. The van der Waals surface area contributed by atoms with Crippen LogP contribution in [0.4, 0.5) is 5.69 Å². The number of hydrazone groups is 1. The van der Waals surface area contributed by atoms with Crippen molar-refractivity contribution >= 4 is 41.3 Å². The summed E-state index contributed by atoms with van der Waals surface area (Å²) < 4.78 is 5.33. The maximum Gasteiger partial charge on any atom is 0.343 e. The van der Waals surface area contributed by atoms with E-state index in [1.54, 1.807) is 60.7 Å². The molecule has 32 heavy (non-hydrogen) atoms. The largest absolute Gasteiger partial charge is 0.423 e. The molecule has 7 nitrogen and oxygen atoms in total. The molecule has 0 radical (unpaired) electrons. The first-order valence-electron chi connectivity index (χ1n) is 9.75. The lowest BCUT2D eigenvalue weighted by atomic mass is 10.1. The van der Waals surface area contributed by atoms with Crippen LogP contribution in [0.1, 0.15) is 28.4 Å². The van der Waals surface area contributed by atoms with E-state index in [9.17, 15) is 14.4 Å². The second-order valence-corrected chi connectivity index (χ2v) is 7.11. The van der Waals surface area contributed by atoms with Crippen molar-refractivity contribution in [1.82, 2.24) is 5.43 Å². The van der Waals surface area contributed by atoms with Gasteiger partial charge in [-0.3, -0.25) is 9.59 Å². The zero-order valence-electron chi connectivity index (χ0n) is 17.2. The summed E-state index contributed by atoms with van der Waals surface area (Å²) in [7, 11) is 0. The predicted octanol–water partition coefficient (Wildman–Crippen LogP) is 4.21. The van der Waals surface area contributed by atoms with Crippen molar-refractivity contribution in [3.63, 3.8) is 0 Å². The number of amides is 2. The Labute approximate surface area is 190 Å². The van der Waals surface area contributed by atoms with Crippen molar-refractivity contribution < 1.29 is 19.1 Å². The minimum Gasteiger partial charge on any atom is -0.423 e. The smallest absolute Gasteiger partial charge is 0.343 e. The van der Waals surface area contributed by atoms with Crippen LogP contribution in [-0.2, 0) is 16.0 Å². The van der Waals surface area contributed by atoms with Gasteiger partial charge in [-0.15, -0.1) is 0 Å². The van der Waals surface area contributed by atoms with Gasteiger partial charge >= 0.3 is 17.8 Å². The molecule has 3 aromatic rings. The van der Waals surface area contributed by atoms with Crippen LogP contribution < -0.4 is 15.5 Å². The lowest BCUT2D eigenvalue weighted by Gasteiger charge is -2.06. The molecule has 3 rings (SSSR count). The summed E-state index contributed by atoms with van der Waals surface area (Å²) in [6.07, 6.45) is 2.21. The molecule has 0 aromatic heterocycles. The predicted molar refractivity (Wildman–Crippen MR) is 123 cm³/mol. The summed E-state index contributed by atoms with van der Waals surface area (Å²) >= 11 is 5.82. The van der Waals surface area contributed by atoms with Crippen LogP contribution in [0.5, 0.6) is 5.75 Å². The zero-order valence-corrected chi connectivity index (χ0v) is 17.9. The van der Waals surface area contributed by atoms with Crippen LogP contribution in [0.25, 0.3) is 0 Å². The number of anilines is 1. The van der Waals surface area contributed by atoms with Crippen molar-refractivity contribution in [2.45, 2.75) is 13.3 Å². The summed E-state index contributed by atoms with van der Waals surface area (Å²) in [6.45, 7) is 2.03. The van der Waals surface area contributed by atoms with Gasteiger partial charge in [0.1, 0.15) is 5.75 Å². The van der Waals surface area contributed by atoms with Crippen LogP contribution in [0, 0.1) is 0 Å². The van der Waals surface area contributed by atoms with Gasteiger partial charge in [-0.05, 0) is 66.1 Å². The van der Waals surface area contributed by atoms with Gasteiger partial charge in [0.2, 0.25) is 0 Å². The molecule has 0 spiro atoms. The molecule has 0 bridgehead atoms. The first-order chi connectivity index (χ1) is 15.4. The Hall–Kier alpha value is -3.97. The Morgan fingerprint density at radius 2 is 1.69 bits per heavy atom. The van der Waals surface area contributed by atoms with Crippen LogP contribution in [0.3, 0.4) is 0 Å². The lowest BCUT2D eigenvalue weighted by Crippen LogP contribution is -2.32. The van der Waals surface area contributed by atoms with Gasteiger partial charge in [0, 0.05) is 10.7 Å². The monoisotopic (exact) mass is 449 g/mol. The van der Waals surface area contributed by atoms with Crippen molar-refractivity contribution in [2.24, 2.45) is 5.10 Å². The average Bonchev–Trinajstić information content (AvgIpc) is 2.80. The Kier molecular flexibility index (Phi) is 7.72. The molecule has 0 atom stereocenters. The van der Waals surface area contributed by atoms with Gasteiger partial charge in [0.15, 0.2) is 0 Å². The third kappa shape index (κ3) is 6.52. The number of aryl methyl sites for hydroxylation is 1. The lowest BCUT2D eigenvalue weighted by molar-refractivity contribution is -0.136. The van der Waals surface area contributed by atoms with Crippen LogP contribution >= 0.6 is 11.6 Å². The number of ether oxygens (including phenoxy) is 1. The van der Waals surface area contributed by atoms with E-state index in [-0.39, 0.29) is 0 Å². The molecule has 3 aromatic carbocycles. The normalized spacial score (nSPS) is 10.6. The molecular formula is C24H20ClN3O4. The molecule has 0 saturated heterocycles. The van der Waals surface area contributed by atoms with E-state index in [1.165, 1.54) is 6.21 Å².